The van der Waals surface area contributed by atoms with Crippen molar-refractivity contribution in [3.05, 3.63) is 82.4 Å². The SMILES string of the molecule is Cc1ccc(-n2nccn2)c(C(=O)N2CCCC2c2cnc(-c3cccc(Cl)c3C)[nH]2)c1. The van der Waals surface area contributed by atoms with Crippen molar-refractivity contribution in [3.63, 3.8) is 0 Å². The maximum absolute atomic E-state index is 13.7. The molecule has 2 aromatic heterocycles. The van der Waals surface area contributed by atoms with Crippen molar-refractivity contribution in [2.24, 2.45) is 0 Å². The number of imidazole rings is 1. The maximum atomic E-state index is 13.7. The molecule has 7 nitrogen and oxygen atoms in total. The molecular weight excluding hydrogens is 424 g/mol. The van der Waals surface area contributed by atoms with E-state index in [0.717, 1.165) is 41.1 Å². The summed E-state index contributed by atoms with van der Waals surface area (Å²) >= 11 is 6.29. The first-order valence-corrected chi connectivity index (χ1v) is 11.0. The van der Waals surface area contributed by atoms with Gasteiger partial charge in [0.1, 0.15) is 5.82 Å². The van der Waals surface area contributed by atoms with E-state index in [4.69, 9.17) is 11.6 Å². The first-order valence-electron chi connectivity index (χ1n) is 10.6. The summed E-state index contributed by atoms with van der Waals surface area (Å²) in [5.41, 5.74) is 5.16. The lowest BCUT2D eigenvalue weighted by Crippen LogP contribution is -2.31. The van der Waals surface area contributed by atoms with Crippen LogP contribution < -0.4 is 0 Å². The fourth-order valence-electron chi connectivity index (χ4n) is 4.33. The molecule has 1 unspecified atom stereocenters. The third-order valence-electron chi connectivity index (χ3n) is 6.01. The zero-order valence-corrected chi connectivity index (χ0v) is 18.7. The number of hydrogen-bond donors (Lipinski definition) is 1. The van der Waals surface area contributed by atoms with Gasteiger partial charge in [-0.2, -0.15) is 15.0 Å². The lowest BCUT2D eigenvalue weighted by Gasteiger charge is -2.25. The van der Waals surface area contributed by atoms with Gasteiger partial charge in [-0.1, -0.05) is 35.4 Å². The van der Waals surface area contributed by atoms with E-state index in [-0.39, 0.29) is 11.9 Å². The smallest absolute Gasteiger partial charge is 0.256 e. The molecule has 0 aliphatic carbocycles. The molecule has 5 rings (SSSR count). The second-order valence-electron chi connectivity index (χ2n) is 8.10. The molecule has 0 radical (unpaired) electrons. The van der Waals surface area contributed by atoms with Gasteiger partial charge in [-0.15, -0.1) is 0 Å². The summed E-state index contributed by atoms with van der Waals surface area (Å²) in [6.45, 7) is 4.65. The standard InChI is InChI=1S/C24H23ClN6O/c1-15-8-9-21(31-27-10-11-28-31)18(13-15)24(32)30-12-4-7-22(30)20-14-26-23(29-20)17-5-3-6-19(25)16(17)2/h3,5-6,8-11,13-14,22H,4,7,12H2,1-2H3,(H,26,29). The van der Waals surface area contributed by atoms with Crippen LogP contribution in [0.1, 0.15) is 46.1 Å². The first-order chi connectivity index (χ1) is 15.5. The highest BCUT2D eigenvalue weighted by molar-refractivity contribution is 6.31. The number of aromatic nitrogens is 5. The fourth-order valence-corrected chi connectivity index (χ4v) is 4.50. The Morgan fingerprint density at radius 2 is 1.97 bits per heavy atom. The average Bonchev–Trinajstić information content (AvgIpc) is 3.56. The highest BCUT2D eigenvalue weighted by atomic mass is 35.5. The molecule has 0 saturated carbocycles. The van der Waals surface area contributed by atoms with Gasteiger partial charge >= 0.3 is 0 Å². The number of nitrogens with one attached hydrogen (secondary N) is 1. The van der Waals surface area contributed by atoms with Gasteiger partial charge in [-0.05, 0) is 50.5 Å². The Balaban J connectivity index is 1.48. The van der Waals surface area contributed by atoms with Crippen LogP contribution in [0.3, 0.4) is 0 Å². The molecule has 1 aliphatic rings. The van der Waals surface area contributed by atoms with E-state index in [1.807, 2.05) is 61.3 Å². The largest absolute Gasteiger partial charge is 0.340 e. The zero-order valence-electron chi connectivity index (χ0n) is 17.9. The highest BCUT2D eigenvalue weighted by Crippen LogP contribution is 2.35. The molecule has 4 aromatic rings. The van der Waals surface area contributed by atoms with Crippen LogP contribution in [0.25, 0.3) is 17.1 Å². The number of rotatable bonds is 4. The van der Waals surface area contributed by atoms with Crippen LogP contribution in [0.5, 0.6) is 0 Å². The van der Waals surface area contributed by atoms with Crippen molar-refractivity contribution in [1.29, 1.82) is 0 Å². The number of hydrogen-bond acceptors (Lipinski definition) is 4. The van der Waals surface area contributed by atoms with Gasteiger partial charge in [0, 0.05) is 17.1 Å². The van der Waals surface area contributed by atoms with Gasteiger partial charge in [-0.3, -0.25) is 4.79 Å². The predicted molar refractivity (Wildman–Crippen MR) is 123 cm³/mol. The van der Waals surface area contributed by atoms with Crippen LogP contribution >= 0.6 is 11.6 Å². The van der Waals surface area contributed by atoms with Crippen molar-refractivity contribution in [1.82, 2.24) is 29.9 Å². The van der Waals surface area contributed by atoms with E-state index in [0.29, 0.717) is 22.8 Å². The number of aryl methyl sites for hydroxylation is 1. The molecule has 1 N–H and O–H groups in total. The van der Waals surface area contributed by atoms with E-state index in [9.17, 15) is 4.79 Å². The van der Waals surface area contributed by atoms with Crippen LogP contribution in [0.2, 0.25) is 5.02 Å². The van der Waals surface area contributed by atoms with Gasteiger partial charge in [0.05, 0.1) is 41.6 Å². The van der Waals surface area contributed by atoms with Crippen LogP contribution in [-0.2, 0) is 0 Å². The van der Waals surface area contributed by atoms with Gasteiger partial charge in [0.25, 0.3) is 5.91 Å². The van der Waals surface area contributed by atoms with Crippen LogP contribution in [0.4, 0.5) is 0 Å². The predicted octanol–water partition coefficient (Wildman–Crippen LogP) is 4.90. The molecular formula is C24H23ClN6O. The Hall–Kier alpha value is -3.45. The van der Waals surface area contributed by atoms with Gasteiger partial charge in [-0.25, -0.2) is 4.98 Å². The van der Waals surface area contributed by atoms with Gasteiger partial charge in [0.15, 0.2) is 0 Å². The van der Waals surface area contributed by atoms with E-state index in [1.54, 1.807) is 12.4 Å². The van der Waals surface area contributed by atoms with E-state index in [2.05, 4.69) is 20.2 Å². The quantitative estimate of drug-likeness (QED) is 0.483. The number of benzene rings is 2. The Labute approximate surface area is 191 Å². The molecule has 3 heterocycles. The van der Waals surface area contributed by atoms with Crippen LogP contribution in [0, 0.1) is 13.8 Å². The highest BCUT2D eigenvalue weighted by Gasteiger charge is 2.33. The Morgan fingerprint density at radius 1 is 1.16 bits per heavy atom. The molecule has 0 bridgehead atoms. The Kier molecular flexibility index (Phi) is 5.27. The second-order valence-corrected chi connectivity index (χ2v) is 8.50. The number of nitrogens with zero attached hydrogens (tertiary/aromatic N) is 5. The maximum Gasteiger partial charge on any atom is 0.256 e. The summed E-state index contributed by atoms with van der Waals surface area (Å²) in [6, 6.07) is 11.5. The Bertz CT molecular complexity index is 1280. The summed E-state index contributed by atoms with van der Waals surface area (Å²) in [5, 5.41) is 9.15. The summed E-state index contributed by atoms with van der Waals surface area (Å²) in [6.07, 6.45) is 6.86. The topological polar surface area (TPSA) is 79.7 Å². The van der Waals surface area contributed by atoms with Crippen LogP contribution in [-0.4, -0.2) is 42.3 Å². The molecule has 1 fully saturated rings. The van der Waals surface area contributed by atoms with Crippen molar-refractivity contribution >= 4 is 17.5 Å². The number of amides is 1. The number of halogens is 1. The minimum Gasteiger partial charge on any atom is -0.340 e. The number of carbonyl (C=O) groups excluding carboxylic acids is 1. The lowest BCUT2D eigenvalue weighted by molar-refractivity contribution is 0.0732. The lowest BCUT2D eigenvalue weighted by atomic mass is 10.1. The van der Waals surface area contributed by atoms with Gasteiger partial charge < -0.3 is 9.88 Å². The molecule has 1 saturated heterocycles. The second kappa shape index (κ2) is 8.24. The molecule has 2 aromatic carbocycles. The average molecular weight is 447 g/mol. The third-order valence-corrected chi connectivity index (χ3v) is 6.42. The van der Waals surface area contributed by atoms with E-state index in [1.165, 1.54) is 4.80 Å². The van der Waals surface area contributed by atoms with E-state index < -0.39 is 0 Å². The van der Waals surface area contributed by atoms with E-state index >= 15 is 0 Å². The normalized spacial score (nSPS) is 16.0. The van der Waals surface area contributed by atoms with Crippen molar-refractivity contribution in [2.45, 2.75) is 32.7 Å². The zero-order chi connectivity index (χ0) is 22.2. The minimum absolute atomic E-state index is 0.0291. The number of H-pyrrole nitrogens is 1. The molecule has 8 heteroatoms. The van der Waals surface area contributed by atoms with Crippen molar-refractivity contribution in [2.75, 3.05) is 6.54 Å². The summed E-state index contributed by atoms with van der Waals surface area (Å²) in [7, 11) is 0. The van der Waals surface area contributed by atoms with Crippen LogP contribution in [0.15, 0.2) is 55.0 Å². The molecule has 32 heavy (non-hydrogen) atoms. The summed E-state index contributed by atoms with van der Waals surface area (Å²) < 4.78 is 0. The Morgan fingerprint density at radius 3 is 2.78 bits per heavy atom. The molecule has 1 atom stereocenters. The summed E-state index contributed by atoms with van der Waals surface area (Å²) in [5.74, 6) is 0.731. The van der Waals surface area contributed by atoms with Gasteiger partial charge in [0.2, 0.25) is 0 Å². The fraction of sp³-hybridized carbons (Fsp3) is 0.250. The van der Waals surface area contributed by atoms with Crippen molar-refractivity contribution in [3.8, 4) is 17.1 Å². The molecule has 1 aliphatic heterocycles. The minimum atomic E-state index is -0.0674. The first kappa shape index (κ1) is 20.5. The molecule has 0 spiro atoms. The number of likely N-dealkylation sites (tertiary alicyclic amines) is 1. The number of carbonyl (C=O) groups is 1. The summed E-state index contributed by atoms with van der Waals surface area (Å²) in [4.78, 5) is 25.1. The monoisotopic (exact) mass is 446 g/mol. The third kappa shape index (κ3) is 3.58. The van der Waals surface area contributed by atoms with Crippen molar-refractivity contribution < 1.29 is 4.79 Å². The number of aromatic amines is 1. The molecule has 1 amide bonds. The molecule has 162 valence electrons.